The molecule has 0 aromatic heterocycles. The summed E-state index contributed by atoms with van der Waals surface area (Å²) in [5, 5.41) is 3.50. The van der Waals surface area contributed by atoms with Crippen LogP contribution in [0.15, 0.2) is 24.3 Å². The van der Waals surface area contributed by atoms with Gasteiger partial charge in [0.25, 0.3) is 0 Å². The van der Waals surface area contributed by atoms with Crippen molar-refractivity contribution in [3.63, 3.8) is 0 Å². The number of piperazine rings is 1. The molecule has 4 heteroatoms. The molecule has 0 saturated carbocycles. The van der Waals surface area contributed by atoms with Crippen LogP contribution in [-0.4, -0.2) is 30.1 Å². The van der Waals surface area contributed by atoms with Crippen molar-refractivity contribution < 1.29 is 4.39 Å². The van der Waals surface area contributed by atoms with Crippen molar-refractivity contribution in [1.82, 2.24) is 10.2 Å². The van der Waals surface area contributed by atoms with E-state index in [0.717, 1.165) is 19.6 Å². The first kappa shape index (κ1) is 14.4. The summed E-state index contributed by atoms with van der Waals surface area (Å²) in [4.78, 5) is 2.42. The van der Waals surface area contributed by atoms with Gasteiger partial charge in [-0.1, -0.05) is 12.1 Å². The lowest BCUT2D eigenvalue weighted by Gasteiger charge is -2.36. The Morgan fingerprint density at radius 3 is 2.24 bits per heavy atom. The maximum absolute atomic E-state index is 12.8. The first-order chi connectivity index (χ1) is 7.63. The molecule has 1 heterocycles. The first-order valence-electron chi connectivity index (χ1n) is 5.86. The topological polar surface area (TPSA) is 15.3 Å². The molecule has 17 heavy (non-hydrogen) atoms. The molecular formula is C13H20ClFN2. The Morgan fingerprint density at radius 1 is 1.18 bits per heavy atom. The number of halogens is 2. The minimum absolute atomic E-state index is 0. The van der Waals surface area contributed by atoms with E-state index in [-0.39, 0.29) is 18.2 Å². The van der Waals surface area contributed by atoms with Crippen LogP contribution < -0.4 is 5.32 Å². The van der Waals surface area contributed by atoms with Crippen LogP contribution in [0, 0.1) is 5.82 Å². The fourth-order valence-corrected chi connectivity index (χ4v) is 2.42. The highest BCUT2D eigenvalue weighted by molar-refractivity contribution is 5.85. The maximum atomic E-state index is 12.8. The second kappa shape index (κ2) is 6.34. The van der Waals surface area contributed by atoms with Gasteiger partial charge in [0.2, 0.25) is 0 Å². The van der Waals surface area contributed by atoms with Gasteiger partial charge in [0, 0.05) is 31.7 Å². The van der Waals surface area contributed by atoms with E-state index in [1.807, 2.05) is 12.1 Å². The predicted octanol–water partition coefficient (Wildman–Crippen LogP) is 2.43. The lowest BCUT2D eigenvalue weighted by molar-refractivity contribution is 0.166. The summed E-state index contributed by atoms with van der Waals surface area (Å²) in [6.45, 7) is 7.43. The van der Waals surface area contributed by atoms with Crippen LogP contribution in [0.25, 0.3) is 0 Å². The van der Waals surface area contributed by atoms with Crippen LogP contribution in [-0.2, 0) is 6.54 Å². The second-order valence-corrected chi connectivity index (χ2v) is 4.79. The SMILES string of the molecule is CC1CN(Cc2ccc(F)cc2)CC(C)N1.Cl. The molecule has 1 aliphatic heterocycles. The summed E-state index contributed by atoms with van der Waals surface area (Å²) in [6, 6.07) is 7.86. The van der Waals surface area contributed by atoms with Crippen LogP contribution in [0.5, 0.6) is 0 Å². The van der Waals surface area contributed by atoms with Gasteiger partial charge in [0.15, 0.2) is 0 Å². The van der Waals surface area contributed by atoms with E-state index in [2.05, 4.69) is 24.1 Å². The van der Waals surface area contributed by atoms with Crippen molar-refractivity contribution in [3.05, 3.63) is 35.6 Å². The van der Waals surface area contributed by atoms with Crippen molar-refractivity contribution in [3.8, 4) is 0 Å². The Hall–Kier alpha value is -0.640. The second-order valence-electron chi connectivity index (χ2n) is 4.79. The molecule has 1 aromatic carbocycles. The van der Waals surface area contributed by atoms with Gasteiger partial charge in [-0.05, 0) is 31.5 Å². The highest BCUT2D eigenvalue weighted by atomic mass is 35.5. The van der Waals surface area contributed by atoms with E-state index in [0.29, 0.717) is 12.1 Å². The molecule has 0 amide bonds. The number of hydrogen-bond donors (Lipinski definition) is 1. The molecule has 0 bridgehead atoms. The molecule has 96 valence electrons. The van der Waals surface area contributed by atoms with Crippen molar-refractivity contribution in [2.45, 2.75) is 32.5 Å². The Bertz CT molecular complexity index is 332. The van der Waals surface area contributed by atoms with Gasteiger partial charge in [-0.15, -0.1) is 12.4 Å². The molecule has 2 nitrogen and oxygen atoms in total. The van der Waals surface area contributed by atoms with Gasteiger partial charge in [-0.3, -0.25) is 4.90 Å². The van der Waals surface area contributed by atoms with Crippen LogP contribution in [0.2, 0.25) is 0 Å². The van der Waals surface area contributed by atoms with Crippen molar-refractivity contribution >= 4 is 12.4 Å². The van der Waals surface area contributed by atoms with Gasteiger partial charge >= 0.3 is 0 Å². The number of nitrogens with one attached hydrogen (secondary N) is 1. The lowest BCUT2D eigenvalue weighted by atomic mass is 10.1. The predicted molar refractivity (Wildman–Crippen MR) is 71.0 cm³/mol. The highest BCUT2D eigenvalue weighted by Gasteiger charge is 2.20. The van der Waals surface area contributed by atoms with Crippen LogP contribution in [0.4, 0.5) is 4.39 Å². The lowest BCUT2D eigenvalue weighted by Crippen LogP contribution is -2.53. The minimum Gasteiger partial charge on any atom is -0.309 e. The molecule has 2 unspecified atom stereocenters. The third-order valence-corrected chi connectivity index (χ3v) is 2.95. The van der Waals surface area contributed by atoms with E-state index in [1.165, 1.54) is 17.7 Å². The zero-order valence-electron chi connectivity index (χ0n) is 10.3. The number of rotatable bonds is 2. The van der Waals surface area contributed by atoms with E-state index in [1.54, 1.807) is 0 Å². The van der Waals surface area contributed by atoms with Crippen molar-refractivity contribution in [1.29, 1.82) is 0 Å². The van der Waals surface area contributed by atoms with E-state index >= 15 is 0 Å². The zero-order chi connectivity index (χ0) is 11.5. The Morgan fingerprint density at radius 2 is 1.71 bits per heavy atom. The Labute approximate surface area is 109 Å². The van der Waals surface area contributed by atoms with Gasteiger partial charge in [0.1, 0.15) is 5.82 Å². The number of benzene rings is 1. The summed E-state index contributed by atoms with van der Waals surface area (Å²) < 4.78 is 12.8. The summed E-state index contributed by atoms with van der Waals surface area (Å²) >= 11 is 0. The molecule has 0 radical (unpaired) electrons. The minimum atomic E-state index is -0.161. The van der Waals surface area contributed by atoms with Crippen LogP contribution in [0.3, 0.4) is 0 Å². The summed E-state index contributed by atoms with van der Waals surface area (Å²) in [5.41, 5.74) is 1.18. The molecule has 0 spiro atoms. The monoisotopic (exact) mass is 258 g/mol. The normalized spacial score (nSPS) is 25.4. The van der Waals surface area contributed by atoms with Crippen molar-refractivity contribution in [2.75, 3.05) is 13.1 Å². The summed E-state index contributed by atoms with van der Waals surface area (Å²) in [7, 11) is 0. The van der Waals surface area contributed by atoms with Gasteiger partial charge in [-0.2, -0.15) is 0 Å². The third kappa shape index (κ3) is 4.26. The number of nitrogens with zero attached hydrogens (tertiary/aromatic N) is 1. The quantitative estimate of drug-likeness (QED) is 0.877. The van der Waals surface area contributed by atoms with Gasteiger partial charge in [-0.25, -0.2) is 4.39 Å². The molecule has 2 atom stereocenters. The molecule has 1 fully saturated rings. The zero-order valence-corrected chi connectivity index (χ0v) is 11.1. The van der Waals surface area contributed by atoms with E-state index in [4.69, 9.17) is 0 Å². The van der Waals surface area contributed by atoms with Crippen molar-refractivity contribution in [2.24, 2.45) is 0 Å². The van der Waals surface area contributed by atoms with E-state index < -0.39 is 0 Å². The third-order valence-electron chi connectivity index (χ3n) is 2.95. The average Bonchev–Trinajstić information content (AvgIpc) is 2.20. The van der Waals surface area contributed by atoms with Crippen LogP contribution >= 0.6 is 12.4 Å². The smallest absolute Gasteiger partial charge is 0.123 e. The standard InChI is InChI=1S/C13H19FN2.ClH/c1-10-7-16(8-11(2)15-10)9-12-3-5-13(14)6-4-12;/h3-6,10-11,15H,7-9H2,1-2H3;1H. The van der Waals surface area contributed by atoms with E-state index in [9.17, 15) is 4.39 Å². The van der Waals surface area contributed by atoms with Gasteiger partial charge in [0.05, 0.1) is 0 Å². The molecule has 1 N–H and O–H groups in total. The fraction of sp³-hybridized carbons (Fsp3) is 0.538. The largest absolute Gasteiger partial charge is 0.309 e. The molecule has 1 aromatic rings. The molecule has 1 saturated heterocycles. The molecule has 1 aliphatic rings. The number of hydrogen-bond acceptors (Lipinski definition) is 2. The maximum Gasteiger partial charge on any atom is 0.123 e. The Balaban J connectivity index is 0.00000144. The Kier molecular flexibility index (Phi) is 5.37. The fourth-order valence-electron chi connectivity index (χ4n) is 2.42. The average molecular weight is 259 g/mol. The molecule has 0 aliphatic carbocycles. The van der Waals surface area contributed by atoms with Crippen LogP contribution in [0.1, 0.15) is 19.4 Å². The summed E-state index contributed by atoms with van der Waals surface area (Å²) in [6.07, 6.45) is 0. The van der Waals surface area contributed by atoms with Gasteiger partial charge < -0.3 is 5.32 Å². The first-order valence-corrected chi connectivity index (χ1v) is 5.86. The summed E-state index contributed by atoms with van der Waals surface area (Å²) in [5.74, 6) is -0.161. The molecule has 2 rings (SSSR count). The highest BCUT2D eigenvalue weighted by Crippen LogP contribution is 2.10. The molecular weight excluding hydrogens is 239 g/mol.